The van der Waals surface area contributed by atoms with Crippen LogP contribution in [0.25, 0.3) is 0 Å². The van der Waals surface area contributed by atoms with E-state index in [9.17, 15) is 8.42 Å². The molecule has 0 atom stereocenters. The van der Waals surface area contributed by atoms with Crippen LogP contribution in [-0.4, -0.2) is 24.7 Å². The first-order valence-electron chi connectivity index (χ1n) is 6.39. The number of nitrogens with zero attached hydrogens (tertiary/aromatic N) is 3. The molecule has 0 radical (unpaired) electrons. The van der Waals surface area contributed by atoms with Crippen molar-refractivity contribution >= 4 is 33.8 Å². The molecule has 2 heterocycles. The van der Waals surface area contributed by atoms with Crippen LogP contribution in [0.15, 0.2) is 35.5 Å². The van der Waals surface area contributed by atoms with Crippen LogP contribution in [0.2, 0.25) is 0 Å². The number of aromatic nitrogens is 2. The molecule has 1 aromatic heterocycles. The summed E-state index contributed by atoms with van der Waals surface area (Å²) in [6, 6.07) is 5.39. The molecule has 0 aliphatic carbocycles. The number of hydrogen-bond acceptors (Lipinski definition) is 4. The van der Waals surface area contributed by atoms with E-state index >= 15 is 0 Å². The van der Waals surface area contributed by atoms with Crippen LogP contribution in [-0.2, 0) is 23.5 Å². The average Bonchev–Trinajstić information content (AvgIpc) is 2.86. The zero-order valence-corrected chi connectivity index (χ0v) is 13.2. The van der Waals surface area contributed by atoms with Crippen LogP contribution in [0.4, 0.5) is 11.4 Å². The Morgan fingerprint density at radius 2 is 2.10 bits per heavy atom. The highest BCUT2D eigenvalue weighted by Gasteiger charge is 2.30. The number of aryl methyl sites for hydroxylation is 1. The number of halogens is 1. The first-order valence-corrected chi connectivity index (χ1v) is 7.83. The van der Waals surface area contributed by atoms with Crippen molar-refractivity contribution in [3.05, 3.63) is 36.2 Å². The molecule has 0 saturated carbocycles. The van der Waals surface area contributed by atoms with Crippen LogP contribution in [0.5, 0.6) is 0 Å². The van der Waals surface area contributed by atoms with Crippen molar-refractivity contribution in [2.24, 2.45) is 7.05 Å². The highest BCUT2D eigenvalue weighted by molar-refractivity contribution is 7.92. The number of benzene rings is 1. The Balaban J connectivity index is 0.00000161. The van der Waals surface area contributed by atoms with Crippen LogP contribution >= 0.6 is 12.4 Å². The second kappa shape index (κ2) is 5.57. The van der Waals surface area contributed by atoms with Crippen LogP contribution in [0.3, 0.4) is 0 Å². The number of anilines is 2. The number of sulfonamides is 1. The molecule has 0 amide bonds. The second-order valence-corrected chi connectivity index (χ2v) is 6.74. The van der Waals surface area contributed by atoms with E-state index in [1.807, 2.05) is 0 Å². The van der Waals surface area contributed by atoms with E-state index in [-0.39, 0.29) is 17.3 Å². The summed E-state index contributed by atoms with van der Waals surface area (Å²) < 4.78 is 28.3. The molecule has 0 bridgehead atoms. The molecular weight excluding hydrogens is 312 g/mol. The van der Waals surface area contributed by atoms with Gasteiger partial charge in [0.2, 0.25) is 0 Å². The lowest BCUT2D eigenvalue weighted by atomic mass is 10.0. The highest BCUT2D eigenvalue weighted by Crippen LogP contribution is 2.34. The Bertz CT molecular complexity index is 757. The standard InChI is InChI=1S/C13H16N4O2S.ClH/c1-16-9-10(8-15-16)20(18,19)17-7-3-4-11-12(14)5-2-6-13(11)17;/h2,5-6,8-9H,3-4,7,14H2,1H3;1H. The zero-order chi connectivity index (χ0) is 14.3. The minimum atomic E-state index is -3.58. The van der Waals surface area contributed by atoms with Gasteiger partial charge in [0.05, 0.1) is 11.9 Å². The number of rotatable bonds is 2. The topological polar surface area (TPSA) is 81.2 Å². The fourth-order valence-corrected chi connectivity index (χ4v) is 4.05. The maximum Gasteiger partial charge on any atom is 0.267 e. The summed E-state index contributed by atoms with van der Waals surface area (Å²) >= 11 is 0. The van der Waals surface area contributed by atoms with Gasteiger partial charge in [0, 0.05) is 25.5 Å². The van der Waals surface area contributed by atoms with Gasteiger partial charge in [-0.2, -0.15) is 5.10 Å². The van der Waals surface area contributed by atoms with Crippen LogP contribution in [0, 0.1) is 0 Å². The molecule has 2 N–H and O–H groups in total. The normalized spacial score (nSPS) is 14.4. The molecule has 0 spiro atoms. The smallest absolute Gasteiger partial charge is 0.267 e. The van der Waals surface area contributed by atoms with Gasteiger partial charge in [0.1, 0.15) is 4.90 Å². The molecule has 0 unspecified atom stereocenters. The Hall–Kier alpha value is -1.73. The lowest BCUT2D eigenvalue weighted by Gasteiger charge is -2.30. The fourth-order valence-electron chi connectivity index (χ4n) is 2.53. The molecule has 8 heteroatoms. The maximum atomic E-state index is 12.7. The van der Waals surface area contributed by atoms with E-state index in [0.29, 0.717) is 17.9 Å². The van der Waals surface area contributed by atoms with E-state index in [4.69, 9.17) is 5.73 Å². The summed E-state index contributed by atoms with van der Waals surface area (Å²) in [6.45, 7) is 0.466. The quantitative estimate of drug-likeness (QED) is 0.848. The molecular formula is C13H17ClN4O2S. The summed E-state index contributed by atoms with van der Waals surface area (Å²) in [5.41, 5.74) is 8.19. The molecule has 3 rings (SSSR count). The first kappa shape index (κ1) is 15.7. The van der Waals surface area contributed by atoms with Gasteiger partial charge in [-0.15, -0.1) is 12.4 Å². The Labute approximate surface area is 130 Å². The average molecular weight is 329 g/mol. The van der Waals surface area contributed by atoms with E-state index in [0.717, 1.165) is 18.4 Å². The van der Waals surface area contributed by atoms with Gasteiger partial charge in [-0.1, -0.05) is 6.07 Å². The van der Waals surface area contributed by atoms with Gasteiger partial charge in [0.15, 0.2) is 0 Å². The second-order valence-electron chi connectivity index (χ2n) is 4.88. The van der Waals surface area contributed by atoms with Gasteiger partial charge >= 0.3 is 0 Å². The van der Waals surface area contributed by atoms with E-state index in [1.54, 1.807) is 25.2 Å². The third kappa shape index (κ3) is 2.58. The third-order valence-corrected chi connectivity index (χ3v) is 5.28. The largest absolute Gasteiger partial charge is 0.398 e. The van der Waals surface area contributed by atoms with Crippen molar-refractivity contribution < 1.29 is 8.42 Å². The number of fused-ring (bicyclic) bond motifs is 1. The van der Waals surface area contributed by atoms with Gasteiger partial charge in [-0.05, 0) is 30.5 Å². The molecule has 2 aromatic rings. The number of hydrogen-bond donors (Lipinski definition) is 1. The minimum Gasteiger partial charge on any atom is -0.398 e. The Morgan fingerprint density at radius 3 is 2.76 bits per heavy atom. The molecule has 6 nitrogen and oxygen atoms in total. The molecule has 114 valence electrons. The molecule has 0 fully saturated rings. The fraction of sp³-hybridized carbons (Fsp3) is 0.308. The predicted molar refractivity (Wildman–Crippen MR) is 84.2 cm³/mol. The number of nitrogen functional groups attached to an aromatic ring is 1. The van der Waals surface area contributed by atoms with Crippen molar-refractivity contribution in [1.29, 1.82) is 0 Å². The summed E-state index contributed by atoms with van der Waals surface area (Å²) in [6.07, 6.45) is 4.45. The van der Waals surface area contributed by atoms with Gasteiger partial charge < -0.3 is 5.73 Å². The molecule has 1 aliphatic heterocycles. The molecule has 21 heavy (non-hydrogen) atoms. The van der Waals surface area contributed by atoms with Crippen molar-refractivity contribution in [2.75, 3.05) is 16.6 Å². The number of nitrogens with two attached hydrogens (primary N) is 1. The monoisotopic (exact) mass is 328 g/mol. The van der Waals surface area contributed by atoms with Crippen LogP contribution < -0.4 is 10.0 Å². The highest BCUT2D eigenvalue weighted by atomic mass is 35.5. The lowest BCUT2D eigenvalue weighted by molar-refractivity contribution is 0.586. The van der Waals surface area contributed by atoms with E-state index in [2.05, 4.69) is 5.10 Å². The van der Waals surface area contributed by atoms with Crippen molar-refractivity contribution in [3.63, 3.8) is 0 Å². The Kier molecular flexibility index (Phi) is 4.15. The summed E-state index contributed by atoms with van der Waals surface area (Å²) in [5, 5.41) is 3.94. The van der Waals surface area contributed by atoms with Crippen LogP contribution in [0.1, 0.15) is 12.0 Å². The van der Waals surface area contributed by atoms with Crippen molar-refractivity contribution in [2.45, 2.75) is 17.7 Å². The van der Waals surface area contributed by atoms with Gasteiger partial charge in [0.25, 0.3) is 10.0 Å². The maximum absolute atomic E-state index is 12.7. The summed E-state index contributed by atoms with van der Waals surface area (Å²) in [4.78, 5) is 0.204. The zero-order valence-electron chi connectivity index (χ0n) is 11.6. The summed E-state index contributed by atoms with van der Waals surface area (Å²) in [5.74, 6) is 0. The Morgan fingerprint density at radius 1 is 1.33 bits per heavy atom. The van der Waals surface area contributed by atoms with Gasteiger partial charge in [-0.25, -0.2) is 8.42 Å². The SMILES string of the molecule is Cl.Cn1cc(S(=O)(=O)N2CCCc3c(N)cccc32)cn1. The van der Waals surface area contributed by atoms with E-state index < -0.39 is 10.0 Å². The minimum absolute atomic E-state index is 0. The molecule has 0 saturated heterocycles. The lowest BCUT2D eigenvalue weighted by Crippen LogP contribution is -2.35. The summed E-state index contributed by atoms with van der Waals surface area (Å²) in [7, 11) is -1.88. The van der Waals surface area contributed by atoms with Crippen molar-refractivity contribution in [3.8, 4) is 0 Å². The van der Waals surface area contributed by atoms with E-state index in [1.165, 1.54) is 21.4 Å². The predicted octanol–water partition coefficient (Wildman–Crippen LogP) is 1.57. The van der Waals surface area contributed by atoms with Crippen molar-refractivity contribution in [1.82, 2.24) is 9.78 Å². The molecule has 1 aliphatic rings. The third-order valence-electron chi connectivity index (χ3n) is 3.51. The molecule has 1 aromatic carbocycles. The first-order chi connectivity index (χ1) is 9.50. The van der Waals surface area contributed by atoms with Gasteiger partial charge in [-0.3, -0.25) is 8.99 Å².